The molecule has 0 unspecified atom stereocenters. The third-order valence-electron chi connectivity index (χ3n) is 3.43. The van der Waals surface area contributed by atoms with Crippen molar-refractivity contribution in [2.75, 3.05) is 13.2 Å². The number of sulfonamides is 1. The topological polar surface area (TPSA) is 81.4 Å². The minimum absolute atomic E-state index is 0.104. The predicted molar refractivity (Wildman–Crippen MR) is 81.9 cm³/mol. The molecule has 1 N–H and O–H groups in total. The van der Waals surface area contributed by atoms with Crippen molar-refractivity contribution >= 4 is 10.0 Å². The standard InChI is InChI=1S/C15H22N2O3S/c1-3-15(4-2)17(8-9-18)21(19,20)12-14-7-5-6-13(10-14)11-16/h5-7,10,15,18H,3-4,8-9,12H2,1-2H3. The van der Waals surface area contributed by atoms with E-state index in [-0.39, 0.29) is 24.9 Å². The van der Waals surface area contributed by atoms with Crippen LogP contribution in [0, 0.1) is 11.3 Å². The fourth-order valence-electron chi connectivity index (χ4n) is 2.37. The van der Waals surface area contributed by atoms with Crippen molar-refractivity contribution in [2.45, 2.75) is 38.5 Å². The van der Waals surface area contributed by atoms with Crippen LogP contribution in [0.4, 0.5) is 0 Å². The zero-order valence-corrected chi connectivity index (χ0v) is 13.3. The van der Waals surface area contributed by atoms with Crippen LogP contribution in [0.2, 0.25) is 0 Å². The first-order chi connectivity index (χ1) is 9.98. The molecule has 0 aliphatic carbocycles. The highest BCUT2D eigenvalue weighted by Crippen LogP contribution is 2.18. The van der Waals surface area contributed by atoms with Crippen molar-refractivity contribution in [3.63, 3.8) is 0 Å². The molecule has 6 heteroatoms. The van der Waals surface area contributed by atoms with Crippen LogP contribution in [0.5, 0.6) is 0 Å². The molecule has 0 amide bonds. The average Bonchev–Trinajstić information content (AvgIpc) is 2.47. The summed E-state index contributed by atoms with van der Waals surface area (Å²) in [5.74, 6) is -0.154. The van der Waals surface area contributed by atoms with Gasteiger partial charge >= 0.3 is 0 Å². The van der Waals surface area contributed by atoms with Crippen molar-refractivity contribution < 1.29 is 13.5 Å². The molecule has 0 bridgehead atoms. The summed E-state index contributed by atoms with van der Waals surface area (Å²) in [4.78, 5) is 0. The Morgan fingerprint density at radius 3 is 2.52 bits per heavy atom. The lowest BCUT2D eigenvalue weighted by Crippen LogP contribution is -2.42. The predicted octanol–water partition coefficient (Wildman–Crippen LogP) is 1.87. The number of hydrogen-bond donors (Lipinski definition) is 1. The van der Waals surface area contributed by atoms with Gasteiger partial charge in [-0.1, -0.05) is 26.0 Å². The Kier molecular flexibility index (Phi) is 6.82. The number of rotatable bonds is 8. The second-order valence-electron chi connectivity index (χ2n) is 4.87. The second kappa shape index (κ2) is 8.13. The molecule has 1 rings (SSSR count). The first kappa shape index (κ1) is 17.6. The van der Waals surface area contributed by atoms with Crippen LogP contribution in [0.25, 0.3) is 0 Å². The third-order valence-corrected chi connectivity index (χ3v) is 5.33. The summed E-state index contributed by atoms with van der Waals surface area (Å²) >= 11 is 0. The second-order valence-corrected chi connectivity index (χ2v) is 6.79. The molecule has 1 aromatic carbocycles. The van der Waals surface area contributed by atoms with Gasteiger partial charge in [0.2, 0.25) is 10.0 Å². The smallest absolute Gasteiger partial charge is 0.218 e. The maximum Gasteiger partial charge on any atom is 0.218 e. The first-order valence-corrected chi connectivity index (χ1v) is 8.68. The maximum atomic E-state index is 12.6. The van der Waals surface area contributed by atoms with Gasteiger partial charge in [0, 0.05) is 12.6 Å². The first-order valence-electron chi connectivity index (χ1n) is 7.07. The molecular weight excluding hydrogens is 288 g/mol. The van der Waals surface area contributed by atoms with Gasteiger partial charge in [-0.15, -0.1) is 0 Å². The summed E-state index contributed by atoms with van der Waals surface area (Å²) < 4.78 is 26.5. The lowest BCUT2D eigenvalue weighted by molar-refractivity contribution is 0.219. The lowest BCUT2D eigenvalue weighted by Gasteiger charge is -2.29. The van der Waals surface area contributed by atoms with Gasteiger partial charge in [-0.3, -0.25) is 0 Å². The van der Waals surface area contributed by atoms with E-state index in [0.29, 0.717) is 24.0 Å². The van der Waals surface area contributed by atoms with Crippen molar-refractivity contribution in [1.29, 1.82) is 5.26 Å². The summed E-state index contributed by atoms with van der Waals surface area (Å²) in [5.41, 5.74) is 1.03. The van der Waals surface area contributed by atoms with Gasteiger partial charge < -0.3 is 5.11 Å². The van der Waals surface area contributed by atoms with Gasteiger partial charge in [-0.2, -0.15) is 9.57 Å². The largest absolute Gasteiger partial charge is 0.395 e. The van der Waals surface area contributed by atoms with Gasteiger partial charge in [0.1, 0.15) is 0 Å². The molecule has 0 radical (unpaired) electrons. The molecule has 5 nitrogen and oxygen atoms in total. The van der Waals surface area contributed by atoms with Crippen LogP contribution in [0.3, 0.4) is 0 Å². The van der Waals surface area contributed by atoms with E-state index in [1.165, 1.54) is 4.31 Å². The minimum Gasteiger partial charge on any atom is -0.395 e. The number of aliphatic hydroxyl groups is 1. The fraction of sp³-hybridized carbons (Fsp3) is 0.533. The van der Waals surface area contributed by atoms with Crippen molar-refractivity contribution in [2.24, 2.45) is 0 Å². The van der Waals surface area contributed by atoms with E-state index in [0.717, 1.165) is 0 Å². The number of aliphatic hydroxyl groups excluding tert-OH is 1. The molecule has 21 heavy (non-hydrogen) atoms. The SMILES string of the molecule is CCC(CC)N(CCO)S(=O)(=O)Cc1cccc(C#N)c1. The van der Waals surface area contributed by atoms with Gasteiger partial charge in [-0.05, 0) is 30.5 Å². The number of hydrogen-bond acceptors (Lipinski definition) is 4. The van der Waals surface area contributed by atoms with Gasteiger partial charge in [0.25, 0.3) is 0 Å². The number of nitrogens with zero attached hydrogens (tertiary/aromatic N) is 2. The summed E-state index contributed by atoms with van der Waals surface area (Å²) in [5, 5.41) is 18.0. The Morgan fingerprint density at radius 1 is 1.33 bits per heavy atom. The molecule has 116 valence electrons. The summed E-state index contributed by atoms with van der Waals surface area (Å²) in [7, 11) is -3.52. The molecule has 0 atom stereocenters. The molecule has 0 heterocycles. The van der Waals surface area contributed by atoms with Gasteiger partial charge in [-0.25, -0.2) is 8.42 Å². The molecule has 0 aliphatic rings. The van der Waals surface area contributed by atoms with Crippen molar-refractivity contribution in [1.82, 2.24) is 4.31 Å². The molecular formula is C15H22N2O3S. The van der Waals surface area contributed by atoms with E-state index in [1.54, 1.807) is 24.3 Å². The summed E-state index contributed by atoms with van der Waals surface area (Å²) in [6.45, 7) is 3.77. The van der Waals surface area contributed by atoms with Crippen LogP contribution in [-0.2, 0) is 15.8 Å². The average molecular weight is 310 g/mol. The Bertz CT molecular complexity index is 589. The highest BCUT2D eigenvalue weighted by atomic mass is 32.2. The molecule has 0 aromatic heterocycles. The lowest BCUT2D eigenvalue weighted by atomic mass is 10.2. The monoisotopic (exact) mass is 310 g/mol. The van der Waals surface area contributed by atoms with Gasteiger partial charge in [0.05, 0.1) is 24.0 Å². The zero-order valence-electron chi connectivity index (χ0n) is 12.5. The Morgan fingerprint density at radius 2 is 2.00 bits per heavy atom. The highest BCUT2D eigenvalue weighted by Gasteiger charge is 2.27. The van der Waals surface area contributed by atoms with Crippen molar-refractivity contribution in [3.05, 3.63) is 35.4 Å². The minimum atomic E-state index is -3.52. The van der Waals surface area contributed by atoms with E-state index in [9.17, 15) is 8.42 Å². The van der Waals surface area contributed by atoms with E-state index in [1.807, 2.05) is 19.9 Å². The van der Waals surface area contributed by atoms with Crippen LogP contribution in [0.15, 0.2) is 24.3 Å². The normalized spacial score (nSPS) is 11.8. The molecule has 0 saturated carbocycles. The Hall–Kier alpha value is -1.42. The third kappa shape index (κ3) is 4.81. The van der Waals surface area contributed by atoms with E-state index >= 15 is 0 Å². The van der Waals surface area contributed by atoms with E-state index < -0.39 is 10.0 Å². The van der Waals surface area contributed by atoms with E-state index in [4.69, 9.17) is 10.4 Å². The molecule has 0 fully saturated rings. The van der Waals surface area contributed by atoms with Gasteiger partial charge in [0.15, 0.2) is 0 Å². The van der Waals surface area contributed by atoms with Crippen LogP contribution in [-0.4, -0.2) is 37.0 Å². The number of benzene rings is 1. The zero-order chi connectivity index (χ0) is 15.9. The fourth-order valence-corrected chi connectivity index (χ4v) is 4.25. The van der Waals surface area contributed by atoms with Crippen molar-refractivity contribution in [3.8, 4) is 6.07 Å². The van der Waals surface area contributed by atoms with Crippen LogP contribution < -0.4 is 0 Å². The summed E-state index contributed by atoms with van der Waals surface area (Å²) in [6, 6.07) is 8.49. The Labute approximate surface area is 126 Å². The molecule has 0 aliphatic heterocycles. The van der Waals surface area contributed by atoms with Crippen LogP contribution in [0.1, 0.15) is 37.8 Å². The quantitative estimate of drug-likeness (QED) is 0.794. The summed E-state index contributed by atoms with van der Waals surface area (Å²) in [6.07, 6.45) is 1.40. The maximum absolute atomic E-state index is 12.6. The Balaban J connectivity index is 3.03. The van der Waals surface area contributed by atoms with E-state index in [2.05, 4.69) is 0 Å². The number of nitriles is 1. The van der Waals surface area contributed by atoms with Crippen LogP contribution >= 0.6 is 0 Å². The molecule has 1 aromatic rings. The highest BCUT2D eigenvalue weighted by molar-refractivity contribution is 7.88. The molecule has 0 spiro atoms. The molecule has 0 saturated heterocycles.